The lowest BCUT2D eigenvalue weighted by Crippen LogP contribution is -2.11. The van der Waals surface area contributed by atoms with Crippen molar-refractivity contribution in [2.24, 2.45) is 0 Å². The lowest BCUT2D eigenvalue weighted by atomic mass is 10.1. The van der Waals surface area contributed by atoms with Crippen molar-refractivity contribution in [2.75, 3.05) is 5.32 Å². The number of pyridine rings is 1. The van der Waals surface area contributed by atoms with Gasteiger partial charge in [0.25, 0.3) is 5.91 Å². The second-order valence-corrected chi connectivity index (χ2v) is 7.94. The van der Waals surface area contributed by atoms with Crippen LogP contribution in [-0.2, 0) is 6.61 Å². The molecule has 2 aromatic heterocycles. The highest BCUT2D eigenvalue weighted by molar-refractivity contribution is 6.06. The molecule has 7 nitrogen and oxygen atoms in total. The minimum Gasteiger partial charge on any atom is -0.457 e. The quantitative estimate of drug-likeness (QED) is 0.280. The summed E-state index contributed by atoms with van der Waals surface area (Å²) in [7, 11) is 0. The van der Waals surface area contributed by atoms with Gasteiger partial charge in [-0.1, -0.05) is 31.7 Å². The topological polar surface area (TPSA) is 100 Å². The summed E-state index contributed by atoms with van der Waals surface area (Å²) in [6.45, 7) is 1.87. The molecule has 0 unspecified atom stereocenters. The number of H-pyrrole nitrogens is 1. The monoisotopic (exact) mass is 466 g/mol. The first-order valence-electron chi connectivity index (χ1n) is 10.8. The van der Waals surface area contributed by atoms with E-state index in [0.717, 1.165) is 22.0 Å². The summed E-state index contributed by atoms with van der Waals surface area (Å²) in [4.78, 5) is 24.3. The fraction of sp³-hybridized carbons (Fsp3) is 0.107. The lowest BCUT2D eigenvalue weighted by Gasteiger charge is -2.10. The van der Waals surface area contributed by atoms with Gasteiger partial charge in [0, 0.05) is 23.5 Å². The standard InChI is InChI=1S/C27H22N4O3.CH4/c1-17-3-2-4-21(11-17)31-27(33)19-6-5-18-7-8-23(13-20(18)12-19)34-24-9-10-28-25(14-24)26-29-15-22(16-32)30-26;/h2-15,32H,16H2,1H3,(H,29,30)(H,31,33);1H4. The third kappa shape index (κ3) is 5.37. The highest BCUT2D eigenvalue weighted by Crippen LogP contribution is 2.28. The van der Waals surface area contributed by atoms with Crippen LogP contribution >= 0.6 is 0 Å². The summed E-state index contributed by atoms with van der Waals surface area (Å²) in [6.07, 6.45) is 3.21. The zero-order valence-corrected chi connectivity index (χ0v) is 18.4. The van der Waals surface area contributed by atoms with E-state index in [1.807, 2.05) is 67.6 Å². The number of aromatic nitrogens is 3. The molecule has 0 spiro atoms. The average Bonchev–Trinajstić information content (AvgIpc) is 3.33. The van der Waals surface area contributed by atoms with E-state index < -0.39 is 0 Å². The number of benzene rings is 3. The van der Waals surface area contributed by atoms with E-state index in [2.05, 4.69) is 20.3 Å². The molecule has 0 aliphatic rings. The van der Waals surface area contributed by atoms with Crippen molar-refractivity contribution in [3.8, 4) is 23.0 Å². The summed E-state index contributed by atoms with van der Waals surface area (Å²) in [5.74, 6) is 1.62. The maximum Gasteiger partial charge on any atom is 0.255 e. The Morgan fingerprint density at radius 2 is 1.80 bits per heavy atom. The van der Waals surface area contributed by atoms with Crippen LogP contribution in [0.25, 0.3) is 22.3 Å². The van der Waals surface area contributed by atoms with Gasteiger partial charge in [-0.15, -0.1) is 0 Å². The predicted molar refractivity (Wildman–Crippen MR) is 138 cm³/mol. The number of nitrogens with zero attached hydrogens (tertiary/aromatic N) is 2. The molecule has 0 aliphatic heterocycles. The first kappa shape index (κ1) is 23.7. The first-order valence-corrected chi connectivity index (χ1v) is 10.8. The Kier molecular flexibility index (Phi) is 6.89. The number of fused-ring (bicyclic) bond motifs is 1. The summed E-state index contributed by atoms with van der Waals surface area (Å²) in [5, 5.41) is 14.1. The number of anilines is 1. The van der Waals surface area contributed by atoms with Crippen molar-refractivity contribution in [3.05, 3.63) is 102 Å². The van der Waals surface area contributed by atoms with Crippen LogP contribution in [0.3, 0.4) is 0 Å². The zero-order valence-electron chi connectivity index (χ0n) is 18.4. The number of aliphatic hydroxyl groups excluding tert-OH is 1. The molecule has 0 saturated heterocycles. The third-order valence-electron chi connectivity index (χ3n) is 5.36. The largest absolute Gasteiger partial charge is 0.457 e. The van der Waals surface area contributed by atoms with Crippen LogP contribution in [0.5, 0.6) is 11.5 Å². The van der Waals surface area contributed by atoms with Crippen molar-refractivity contribution in [2.45, 2.75) is 21.0 Å². The van der Waals surface area contributed by atoms with Crippen molar-refractivity contribution in [1.29, 1.82) is 0 Å². The minimum atomic E-state index is -0.168. The van der Waals surface area contributed by atoms with Crippen molar-refractivity contribution in [3.63, 3.8) is 0 Å². The van der Waals surface area contributed by atoms with E-state index in [0.29, 0.717) is 34.3 Å². The molecule has 2 heterocycles. The van der Waals surface area contributed by atoms with Gasteiger partial charge in [0.2, 0.25) is 0 Å². The van der Waals surface area contributed by atoms with Gasteiger partial charge in [-0.05, 0) is 65.7 Å². The SMILES string of the molecule is C.Cc1cccc(NC(=O)c2ccc3ccc(Oc4ccnc(-c5ncc(CO)[nH]5)c4)cc3c2)c1. The van der Waals surface area contributed by atoms with Crippen LogP contribution in [0, 0.1) is 6.92 Å². The average molecular weight is 467 g/mol. The summed E-state index contributed by atoms with van der Waals surface area (Å²) in [5.41, 5.74) is 3.62. The lowest BCUT2D eigenvalue weighted by molar-refractivity contribution is 0.102. The molecular formula is C28H26N4O3. The number of amides is 1. The van der Waals surface area contributed by atoms with E-state index >= 15 is 0 Å². The molecule has 0 radical (unpaired) electrons. The second-order valence-electron chi connectivity index (χ2n) is 7.94. The number of aromatic amines is 1. The van der Waals surface area contributed by atoms with Crippen LogP contribution in [0.4, 0.5) is 5.69 Å². The Labute approximate surface area is 203 Å². The first-order chi connectivity index (χ1) is 16.6. The van der Waals surface area contributed by atoms with Crippen LogP contribution < -0.4 is 10.1 Å². The number of nitrogens with one attached hydrogen (secondary N) is 2. The van der Waals surface area contributed by atoms with Crippen LogP contribution in [0.1, 0.15) is 29.0 Å². The zero-order chi connectivity index (χ0) is 23.5. The third-order valence-corrected chi connectivity index (χ3v) is 5.36. The predicted octanol–water partition coefficient (Wildman–Crippen LogP) is 6.11. The van der Waals surface area contributed by atoms with Crippen molar-refractivity contribution < 1.29 is 14.6 Å². The van der Waals surface area contributed by atoms with E-state index in [4.69, 9.17) is 4.74 Å². The Hall–Kier alpha value is -4.49. The fourth-order valence-corrected chi connectivity index (χ4v) is 3.67. The number of carbonyl (C=O) groups is 1. The molecule has 0 aliphatic carbocycles. The number of ether oxygens (including phenoxy) is 1. The van der Waals surface area contributed by atoms with Crippen molar-refractivity contribution in [1.82, 2.24) is 15.0 Å². The van der Waals surface area contributed by atoms with Gasteiger partial charge in [-0.3, -0.25) is 9.78 Å². The minimum absolute atomic E-state index is 0. The van der Waals surface area contributed by atoms with Gasteiger partial charge in [0.15, 0.2) is 5.82 Å². The molecule has 176 valence electrons. The number of aryl methyl sites for hydroxylation is 1. The Morgan fingerprint density at radius 3 is 2.60 bits per heavy atom. The molecule has 3 N–H and O–H groups in total. The maximum absolute atomic E-state index is 12.8. The Balaban J connectivity index is 0.00000289. The molecule has 0 bridgehead atoms. The highest BCUT2D eigenvalue weighted by atomic mass is 16.5. The van der Waals surface area contributed by atoms with Gasteiger partial charge in [0.1, 0.15) is 17.2 Å². The van der Waals surface area contributed by atoms with Gasteiger partial charge < -0.3 is 20.1 Å². The molecule has 0 atom stereocenters. The van der Waals surface area contributed by atoms with E-state index in [1.165, 1.54) is 0 Å². The Bertz CT molecular complexity index is 1490. The molecule has 5 aromatic rings. The molecule has 0 saturated carbocycles. The summed E-state index contributed by atoms with van der Waals surface area (Å²) < 4.78 is 6.06. The summed E-state index contributed by atoms with van der Waals surface area (Å²) in [6, 6.07) is 22.6. The van der Waals surface area contributed by atoms with Gasteiger partial charge in [-0.2, -0.15) is 0 Å². The van der Waals surface area contributed by atoms with Gasteiger partial charge >= 0.3 is 0 Å². The molecule has 1 amide bonds. The van der Waals surface area contributed by atoms with Crippen LogP contribution in [0.15, 0.2) is 85.2 Å². The van der Waals surface area contributed by atoms with Crippen LogP contribution in [-0.4, -0.2) is 26.0 Å². The molecular weight excluding hydrogens is 440 g/mol. The number of imidazole rings is 1. The molecule has 3 aromatic carbocycles. The fourth-order valence-electron chi connectivity index (χ4n) is 3.67. The Morgan fingerprint density at radius 1 is 0.971 bits per heavy atom. The molecule has 0 fully saturated rings. The van der Waals surface area contributed by atoms with Gasteiger partial charge in [-0.25, -0.2) is 4.98 Å². The maximum atomic E-state index is 12.8. The van der Waals surface area contributed by atoms with E-state index in [9.17, 15) is 9.90 Å². The normalized spacial score (nSPS) is 10.6. The number of hydrogen-bond donors (Lipinski definition) is 3. The van der Waals surface area contributed by atoms with E-state index in [1.54, 1.807) is 24.5 Å². The van der Waals surface area contributed by atoms with Crippen LogP contribution in [0.2, 0.25) is 0 Å². The number of aliphatic hydroxyl groups is 1. The molecule has 35 heavy (non-hydrogen) atoms. The second kappa shape index (κ2) is 10.2. The molecule has 5 rings (SSSR count). The number of hydrogen-bond acceptors (Lipinski definition) is 5. The van der Waals surface area contributed by atoms with Crippen molar-refractivity contribution >= 4 is 22.4 Å². The summed E-state index contributed by atoms with van der Waals surface area (Å²) >= 11 is 0. The molecule has 7 heteroatoms. The van der Waals surface area contributed by atoms with Gasteiger partial charge in [0.05, 0.1) is 18.5 Å². The highest BCUT2D eigenvalue weighted by Gasteiger charge is 2.10. The number of rotatable bonds is 6. The smallest absolute Gasteiger partial charge is 0.255 e. The number of carbonyl (C=O) groups excluding carboxylic acids is 1. The van der Waals surface area contributed by atoms with E-state index in [-0.39, 0.29) is 19.9 Å².